The van der Waals surface area contributed by atoms with Gasteiger partial charge in [-0.25, -0.2) is 13.4 Å². The molecule has 0 saturated carbocycles. The van der Waals surface area contributed by atoms with Crippen molar-refractivity contribution in [2.24, 2.45) is 0 Å². The second kappa shape index (κ2) is 5.05. The Morgan fingerprint density at radius 1 is 1.53 bits per heavy atom. The molecule has 1 heterocycles. The summed E-state index contributed by atoms with van der Waals surface area (Å²) in [7, 11) is -1.48. The Morgan fingerprint density at radius 2 is 2.20 bits per heavy atom. The summed E-state index contributed by atoms with van der Waals surface area (Å²) in [6, 6.07) is 0. The van der Waals surface area contributed by atoms with Gasteiger partial charge in [0.15, 0.2) is 0 Å². The van der Waals surface area contributed by atoms with Gasteiger partial charge in [-0.1, -0.05) is 6.92 Å². The third-order valence-corrected chi connectivity index (χ3v) is 5.07. The third-order valence-electron chi connectivity index (χ3n) is 2.15. The molecule has 0 amide bonds. The zero-order valence-electron chi connectivity index (χ0n) is 9.23. The highest BCUT2D eigenvalue weighted by atomic mass is 32.2. The van der Waals surface area contributed by atoms with E-state index in [-0.39, 0.29) is 5.75 Å². The Hall–Kier alpha value is -0.460. The lowest BCUT2D eigenvalue weighted by Crippen LogP contribution is -2.28. The monoisotopic (exact) mass is 248 g/mol. The van der Waals surface area contributed by atoms with E-state index in [0.717, 1.165) is 10.6 Å². The molecular formula is C9H16N2O2S2. The topological polar surface area (TPSA) is 50.3 Å². The van der Waals surface area contributed by atoms with Gasteiger partial charge in [0.2, 0.25) is 10.0 Å². The van der Waals surface area contributed by atoms with E-state index in [1.165, 1.54) is 15.6 Å². The van der Waals surface area contributed by atoms with Crippen LogP contribution in [0.1, 0.15) is 23.9 Å². The molecule has 0 bridgehead atoms. The molecule has 0 spiro atoms. The van der Waals surface area contributed by atoms with Crippen LogP contribution in [0.5, 0.6) is 0 Å². The van der Waals surface area contributed by atoms with Crippen molar-refractivity contribution < 1.29 is 8.42 Å². The summed E-state index contributed by atoms with van der Waals surface area (Å²) < 4.78 is 24.8. The lowest BCUT2D eigenvalue weighted by Gasteiger charge is -2.15. The molecule has 6 heteroatoms. The van der Waals surface area contributed by atoms with Gasteiger partial charge < -0.3 is 0 Å². The molecule has 0 fully saturated rings. The number of hydrogen-bond acceptors (Lipinski definition) is 4. The third kappa shape index (κ3) is 3.25. The Morgan fingerprint density at radius 3 is 2.67 bits per heavy atom. The molecule has 0 unspecified atom stereocenters. The quantitative estimate of drug-likeness (QED) is 0.795. The van der Waals surface area contributed by atoms with Gasteiger partial charge in [-0.15, -0.1) is 11.3 Å². The standard InChI is InChI=1S/C9H16N2O2S2/c1-4-5-15(12,13)11(3)6-9-8(2)10-7-14-9/h7H,4-6H2,1-3H3. The Labute approximate surface area is 95.0 Å². The van der Waals surface area contributed by atoms with Crippen molar-refractivity contribution >= 4 is 21.4 Å². The summed E-state index contributed by atoms with van der Waals surface area (Å²) in [5.74, 6) is 0.210. The molecule has 0 radical (unpaired) electrons. The largest absolute Gasteiger partial charge is 0.250 e. The van der Waals surface area contributed by atoms with E-state index in [1.54, 1.807) is 12.6 Å². The van der Waals surface area contributed by atoms with Crippen LogP contribution in [0.2, 0.25) is 0 Å². The molecule has 4 nitrogen and oxygen atoms in total. The van der Waals surface area contributed by atoms with Crippen LogP contribution >= 0.6 is 11.3 Å². The number of sulfonamides is 1. The molecule has 0 aliphatic carbocycles. The molecule has 0 aromatic carbocycles. The Balaban J connectivity index is 2.72. The van der Waals surface area contributed by atoms with Crippen molar-refractivity contribution in [3.8, 4) is 0 Å². The van der Waals surface area contributed by atoms with E-state index in [9.17, 15) is 8.42 Å². The van der Waals surface area contributed by atoms with Crippen LogP contribution in [0, 0.1) is 6.92 Å². The fourth-order valence-corrected chi connectivity index (χ4v) is 3.26. The lowest BCUT2D eigenvalue weighted by molar-refractivity contribution is 0.468. The van der Waals surface area contributed by atoms with Crippen LogP contribution in [0.15, 0.2) is 5.51 Å². The minimum atomic E-state index is -3.09. The van der Waals surface area contributed by atoms with Crippen LogP contribution < -0.4 is 0 Å². The first-order chi connectivity index (χ1) is 6.97. The molecule has 15 heavy (non-hydrogen) atoms. The molecule has 0 atom stereocenters. The van der Waals surface area contributed by atoms with Crippen LogP contribution in [-0.2, 0) is 16.6 Å². The van der Waals surface area contributed by atoms with Crippen LogP contribution in [0.4, 0.5) is 0 Å². The normalized spacial score (nSPS) is 12.3. The summed E-state index contributed by atoms with van der Waals surface area (Å²) in [6.45, 7) is 4.19. The maximum atomic E-state index is 11.7. The highest BCUT2D eigenvalue weighted by Crippen LogP contribution is 2.16. The first-order valence-corrected chi connectivity index (χ1v) is 7.29. The van der Waals surface area contributed by atoms with Crippen molar-refractivity contribution in [3.63, 3.8) is 0 Å². The second-order valence-electron chi connectivity index (χ2n) is 3.43. The number of hydrogen-bond donors (Lipinski definition) is 0. The minimum absolute atomic E-state index is 0.210. The maximum Gasteiger partial charge on any atom is 0.214 e. The molecule has 0 saturated heterocycles. The fourth-order valence-electron chi connectivity index (χ4n) is 1.19. The van der Waals surface area contributed by atoms with Crippen molar-refractivity contribution in [1.29, 1.82) is 0 Å². The van der Waals surface area contributed by atoms with Gasteiger partial charge in [-0.05, 0) is 13.3 Å². The van der Waals surface area contributed by atoms with Crippen molar-refractivity contribution in [3.05, 3.63) is 16.1 Å². The van der Waals surface area contributed by atoms with E-state index in [2.05, 4.69) is 4.98 Å². The average Bonchev–Trinajstić information content (AvgIpc) is 2.52. The van der Waals surface area contributed by atoms with Gasteiger partial charge in [0.1, 0.15) is 0 Å². The number of thiazole rings is 1. The molecular weight excluding hydrogens is 232 g/mol. The predicted molar refractivity (Wildman–Crippen MR) is 62.4 cm³/mol. The van der Waals surface area contributed by atoms with Crippen LogP contribution in [0.3, 0.4) is 0 Å². The number of rotatable bonds is 5. The van der Waals surface area contributed by atoms with E-state index in [1.807, 2.05) is 13.8 Å². The fraction of sp³-hybridized carbons (Fsp3) is 0.667. The molecule has 0 N–H and O–H groups in total. The SMILES string of the molecule is CCCS(=O)(=O)N(C)Cc1scnc1C. The van der Waals surface area contributed by atoms with E-state index >= 15 is 0 Å². The van der Waals surface area contributed by atoms with Crippen molar-refractivity contribution in [1.82, 2.24) is 9.29 Å². The highest BCUT2D eigenvalue weighted by Gasteiger charge is 2.18. The van der Waals surface area contributed by atoms with Crippen molar-refractivity contribution in [2.45, 2.75) is 26.8 Å². The van der Waals surface area contributed by atoms with Gasteiger partial charge in [0.05, 0.1) is 17.0 Å². The first kappa shape index (κ1) is 12.6. The molecule has 1 aromatic rings. The Bertz CT molecular complexity index is 412. The summed E-state index contributed by atoms with van der Waals surface area (Å²) in [4.78, 5) is 5.11. The summed E-state index contributed by atoms with van der Waals surface area (Å²) in [6.07, 6.45) is 0.647. The minimum Gasteiger partial charge on any atom is -0.250 e. The maximum absolute atomic E-state index is 11.7. The van der Waals surface area contributed by atoms with Gasteiger partial charge in [0, 0.05) is 18.5 Å². The molecule has 86 valence electrons. The van der Waals surface area contributed by atoms with Crippen LogP contribution in [0.25, 0.3) is 0 Å². The molecule has 0 aliphatic heterocycles. The van der Waals surface area contributed by atoms with Gasteiger partial charge in [0.25, 0.3) is 0 Å². The molecule has 1 rings (SSSR count). The zero-order chi connectivity index (χ0) is 11.5. The van der Waals surface area contributed by atoms with Gasteiger partial charge >= 0.3 is 0 Å². The summed E-state index contributed by atoms with van der Waals surface area (Å²) in [5, 5.41) is 0. The summed E-state index contributed by atoms with van der Waals surface area (Å²) >= 11 is 1.49. The molecule has 1 aromatic heterocycles. The zero-order valence-corrected chi connectivity index (χ0v) is 10.9. The number of nitrogens with zero attached hydrogens (tertiary/aromatic N) is 2. The lowest BCUT2D eigenvalue weighted by atomic mass is 10.4. The molecule has 0 aliphatic rings. The number of aryl methyl sites for hydroxylation is 1. The highest BCUT2D eigenvalue weighted by molar-refractivity contribution is 7.89. The average molecular weight is 248 g/mol. The van der Waals surface area contributed by atoms with E-state index in [4.69, 9.17) is 0 Å². The van der Waals surface area contributed by atoms with E-state index < -0.39 is 10.0 Å². The predicted octanol–water partition coefficient (Wildman–Crippen LogP) is 1.62. The van der Waals surface area contributed by atoms with E-state index in [0.29, 0.717) is 13.0 Å². The van der Waals surface area contributed by atoms with Gasteiger partial charge in [-0.3, -0.25) is 0 Å². The smallest absolute Gasteiger partial charge is 0.214 e. The van der Waals surface area contributed by atoms with Gasteiger partial charge in [-0.2, -0.15) is 4.31 Å². The Kier molecular flexibility index (Phi) is 4.24. The first-order valence-electron chi connectivity index (χ1n) is 4.80. The van der Waals surface area contributed by atoms with Crippen LogP contribution in [-0.4, -0.2) is 30.5 Å². The van der Waals surface area contributed by atoms with Crippen molar-refractivity contribution in [2.75, 3.05) is 12.8 Å². The number of aromatic nitrogens is 1. The summed E-state index contributed by atoms with van der Waals surface area (Å²) in [5.41, 5.74) is 2.66. The second-order valence-corrected chi connectivity index (χ2v) is 6.57.